The molecule has 6 nitrogen and oxygen atoms in total. The number of alkyl halides is 3. The lowest BCUT2D eigenvalue weighted by Crippen LogP contribution is -2.09. The maximum absolute atomic E-state index is 12.9. The fourth-order valence-corrected chi connectivity index (χ4v) is 3.09. The minimum absolute atomic E-state index is 0.0113. The van der Waals surface area contributed by atoms with Crippen LogP contribution in [-0.4, -0.2) is 9.91 Å². The van der Waals surface area contributed by atoms with Crippen LogP contribution >= 0.6 is 22.9 Å². The molecule has 0 aliphatic heterocycles. The number of nitrogens with one attached hydrogen (secondary N) is 1. The maximum atomic E-state index is 12.9. The highest BCUT2D eigenvalue weighted by atomic mass is 35.5. The third-order valence-electron chi connectivity index (χ3n) is 3.33. The van der Waals surface area contributed by atoms with Crippen molar-refractivity contribution in [2.45, 2.75) is 12.7 Å². The van der Waals surface area contributed by atoms with Crippen molar-refractivity contribution < 1.29 is 22.5 Å². The third kappa shape index (κ3) is 3.81. The van der Waals surface area contributed by atoms with E-state index >= 15 is 0 Å². The number of aromatic nitrogens is 1. The van der Waals surface area contributed by atoms with Crippen molar-refractivity contribution in [3.63, 3.8) is 0 Å². The zero-order chi connectivity index (χ0) is 18.9. The van der Waals surface area contributed by atoms with Crippen molar-refractivity contribution in [3.05, 3.63) is 62.3 Å². The summed E-state index contributed by atoms with van der Waals surface area (Å²) in [5, 5.41) is 15.0. The first-order valence-corrected chi connectivity index (χ1v) is 8.28. The molecule has 0 unspecified atom stereocenters. The van der Waals surface area contributed by atoms with Gasteiger partial charge in [0.05, 0.1) is 32.6 Å². The number of hydrogen-bond acceptors (Lipinski definition) is 6. The second-order valence-corrected chi connectivity index (χ2v) is 6.43. The Morgan fingerprint density at radius 2 is 2.15 bits per heavy atom. The van der Waals surface area contributed by atoms with Gasteiger partial charge in [-0.2, -0.15) is 13.2 Å². The van der Waals surface area contributed by atoms with E-state index in [9.17, 15) is 23.3 Å². The molecule has 1 N–H and O–H groups in total. The molecule has 0 saturated heterocycles. The van der Waals surface area contributed by atoms with Gasteiger partial charge in [-0.15, -0.1) is 11.3 Å². The Balaban J connectivity index is 1.83. The van der Waals surface area contributed by atoms with Crippen LogP contribution in [-0.2, 0) is 12.7 Å². The lowest BCUT2D eigenvalue weighted by atomic mass is 10.1. The average molecular weight is 404 g/mol. The van der Waals surface area contributed by atoms with E-state index in [0.29, 0.717) is 17.7 Å². The van der Waals surface area contributed by atoms with E-state index in [1.54, 1.807) is 0 Å². The lowest BCUT2D eigenvalue weighted by Gasteiger charge is -2.12. The Morgan fingerprint density at radius 3 is 2.77 bits per heavy atom. The van der Waals surface area contributed by atoms with Crippen molar-refractivity contribution in [2.75, 3.05) is 5.32 Å². The van der Waals surface area contributed by atoms with Crippen LogP contribution in [0.5, 0.6) is 0 Å². The van der Waals surface area contributed by atoms with E-state index in [4.69, 9.17) is 16.0 Å². The molecule has 26 heavy (non-hydrogen) atoms. The molecule has 3 aromatic rings. The summed E-state index contributed by atoms with van der Waals surface area (Å²) in [5.74, 6) is 0.386. The number of nitrogens with zero attached hydrogens (tertiary/aromatic N) is 2. The molecule has 0 radical (unpaired) electrons. The van der Waals surface area contributed by atoms with Crippen LogP contribution in [0.2, 0.25) is 5.02 Å². The lowest BCUT2D eigenvalue weighted by molar-refractivity contribution is -0.384. The first-order valence-electron chi connectivity index (χ1n) is 7.03. The van der Waals surface area contributed by atoms with Gasteiger partial charge >= 0.3 is 6.18 Å². The molecule has 1 aromatic carbocycles. The van der Waals surface area contributed by atoms with Crippen molar-refractivity contribution in [3.8, 4) is 10.8 Å². The molecule has 2 heterocycles. The summed E-state index contributed by atoms with van der Waals surface area (Å²) in [4.78, 5) is 15.2. The van der Waals surface area contributed by atoms with Gasteiger partial charge < -0.3 is 9.73 Å². The van der Waals surface area contributed by atoms with Gasteiger partial charge in [0.25, 0.3) is 5.69 Å². The van der Waals surface area contributed by atoms with E-state index in [1.807, 2.05) is 17.5 Å². The molecular weight excluding hydrogens is 395 g/mol. The summed E-state index contributed by atoms with van der Waals surface area (Å²) in [7, 11) is 0. The van der Waals surface area contributed by atoms with E-state index < -0.39 is 27.4 Å². The Kier molecular flexibility index (Phi) is 4.88. The Labute approximate surface area is 153 Å². The summed E-state index contributed by atoms with van der Waals surface area (Å²) < 4.78 is 43.9. The molecule has 0 saturated carbocycles. The molecule has 136 valence electrons. The van der Waals surface area contributed by atoms with Crippen molar-refractivity contribution in [2.24, 2.45) is 0 Å². The first-order chi connectivity index (χ1) is 12.3. The highest BCUT2D eigenvalue weighted by molar-refractivity contribution is 7.13. The van der Waals surface area contributed by atoms with Gasteiger partial charge in [0.15, 0.2) is 0 Å². The minimum atomic E-state index is -4.79. The molecule has 0 aliphatic carbocycles. The molecule has 11 heteroatoms. The summed E-state index contributed by atoms with van der Waals surface area (Å²) in [6.07, 6.45) is -3.43. The van der Waals surface area contributed by atoms with Crippen LogP contribution in [0.4, 0.5) is 24.5 Å². The van der Waals surface area contributed by atoms with Crippen molar-refractivity contribution >= 4 is 34.3 Å². The normalized spacial score (nSPS) is 11.5. The second kappa shape index (κ2) is 6.96. The molecule has 0 atom stereocenters. The zero-order valence-corrected chi connectivity index (χ0v) is 14.3. The van der Waals surface area contributed by atoms with Crippen LogP contribution in [0.15, 0.2) is 40.3 Å². The zero-order valence-electron chi connectivity index (χ0n) is 12.7. The smallest absolute Gasteiger partial charge is 0.418 e. The van der Waals surface area contributed by atoms with Crippen LogP contribution in [0.3, 0.4) is 0 Å². The fraction of sp³-hybridized carbons (Fsp3) is 0.133. The fourth-order valence-electron chi connectivity index (χ4n) is 2.16. The van der Waals surface area contributed by atoms with Crippen LogP contribution < -0.4 is 5.32 Å². The van der Waals surface area contributed by atoms with Crippen LogP contribution in [0, 0.1) is 10.1 Å². The molecule has 2 aromatic heterocycles. The van der Waals surface area contributed by atoms with Gasteiger partial charge in [0, 0.05) is 6.07 Å². The van der Waals surface area contributed by atoms with Gasteiger partial charge in [0.1, 0.15) is 12.0 Å². The third-order valence-corrected chi connectivity index (χ3v) is 4.50. The first kappa shape index (κ1) is 18.2. The summed E-state index contributed by atoms with van der Waals surface area (Å²) in [6, 6.07) is 4.93. The number of halogens is 4. The standard InChI is InChI=1S/C15H9ClF3N3O3S/c16-10-5-11(12(22(23)24)4-9(10)15(17,18)19)20-6-8-7-25-14(21-8)13-2-1-3-26-13/h1-5,7,20H,6H2. The quantitative estimate of drug-likeness (QED) is 0.443. The van der Waals surface area contributed by atoms with Crippen LogP contribution in [0.1, 0.15) is 11.3 Å². The Morgan fingerprint density at radius 1 is 1.38 bits per heavy atom. The number of rotatable bonds is 5. The molecule has 0 amide bonds. The van der Waals surface area contributed by atoms with Gasteiger partial charge in [-0.3, -0.25) is 10.1 Å². The number of nitro benzene ring substituents is 1. The molecule has 0 bridgehead atoms. The topological polar surface area (TPSA) is 81.2 Å². The predicted molar refractivity (Wildman–Crippen MR) is 90.3 cm³/mol. The number of nitro groups is 1. The SMILES string of the molecule is O=[N+]([O-])c1cc(C(F)(F)F)c(Cl)cc1NCc1coc(-c2cccs2)n1. The van der Waals surface area contributed by atoms with Crippen molar-refractivity contribution in [1.82, 2.24) is 4.98 Å². The summed E-state index contributed by atoms with van der Waals surface area (Å²) in [5.41, 5.74) is -1.71. The number of oxazole rings is 1. The molecule has 0 spiro atoms. The summed E-state index contributed by atoms with van der Waals surface area (Å²) >= 11 is 7.05. The second-order valence-electron chi connectivity index (χ2n) is 5.08. The average Bonchev–Trinajstić information content (AvgIpc) is 3.22. The highest BCUT2D eigenvalue weighted by Crippen LogP contribution is 2.40. The van der Waals surface area contributed by atoms with Gasteiger partial charge in [0.2, 0.25) is 5.89 Å². The van der Waals surface area contributed by atoms with Gasteiger partial charge in [-0.25, -0.2) is 4.98 Å². The molecule has 0 fully saturated rings. The molecular formula is C15H9ClF3N3O3S. The van der Waals surface area contributed by atoms with Gasteiger partial charge in [-0.1, -0.05) is 17.7 Å². The number of anilines is 1. The molecule has 0 aliphatic rings. The van der Waals surface area contributed by atoms with Gasteiger partial charge in [-0.05, 0) is 17.5 Å². The molecule has 3 rings (SSSR count). The van der Waals surface area contributed by atoms with Crippen LogP contribution in [0.25, 0.3) is 10.8 Å². The minimum Gasteiger partial charge on any atom is -0.443 e. The van der Waals surface area contributed by atoms with E-state index in [2.05, 4.69) is 10.3 Å². The number of hydrogen-bond donors (Lipinski definition) is 1. The number of benzene rings is 1. The Bertz CT molecular complexity index is 942. The predicted octanol–water partition coefficient (Wildman–Crippen LogP) is 5.60. The van der Waals surface area contributed by atoms with E-state index in [-0.39, 0.29) is 12.2 Å². The monoisotopic (exact) mass is 403 g/mol. The summed E-state index contributed by atoms with van der Waals surface area (Å²) in [6.45, 7) is 0.0113. The van der Waals surface area contributed by atoms with Crippen molar-refractivity contribution in [1.29, 1.82) is 0 Å². The number of thiophene rings is 1. The van der Waals surface area contributed by atoms with E-state index in [1.165, 1.54) is 17.6 Å². The van der Waals surface area contributed by atoms with E-state index in [0.717, 1.165) is 10.9 Å². The maximum Gasteiger partial charge on any atom is 0.418 e. The largest absolute Gasteiger partial charge is 0.443 e. The Hall–Kier alpha value is -2.59. The highest BCUT2D eigenvalue weighted by Gasteiger charge is 2.36.